The summed E-state index contributed by atoms with van der Waals surface area (Å²) >= 11 is 0. The van der Waals surface area contributed by atoms with Gasteiger partial charge in [-0.2, -0.15) is 0 Å². The number of Topliss-reactive ketones (excluding diaryl/α,β-unsaturated/α-hetero) is 1. The lowest BCUT2D eigenvalue weighted by atomic mass is 9.84. The fourth-order valence-electron chi connectivity index (χ4n) is 4.82. The Kier molecular flexibility index (Phi) is 11.6. The van der Waals surface area contributed by atoms with Gasteiger partial charge in [0.2, 0.25) is 0 Å². The van der Waals surface area contributed by atoms with Crippen molar-refractivity contribution in [3.05, 3.63) is 59.2 Å². The van der Waals surface area contributed by atoms with Gasteiger partial charge < -0.3 is 25.2 Å². The van der Waals surface area contributed by atoms with Crippen molar-refractivity contribution in [2.45, 2.75) is 51.4 Å². The van der Waals surface area contributed by atoms with Crippen molar-refractivity contribution in [1.82, 2.24) is 4.90 Å². The lowest BCUT2D eigenvalue weighted by Crippen LogP contribution is -2.32. The molecule has 0 amide bonds. The number of halogens is 1. The number of carbonyl (C=O) groups excluding carboxylic acids is 1. The summed E-state index contributed by atoms with van der Waals surface area (Å²) in [5.41, 5.74) is 7.44. The highest BCUT2D eigenvalue weighted by Crippen LogP contribution is 2.40. The minimum atomic E-state index is -0.375. The van der Waals surface area contributed by atoms with Gasteiger partial charge in [-0.3, -0.25) is 10.2 Å². The van der Waals surface area contributed by atoms with E-state index in [-0.39, 0.29) is 52.3 Å². The van der Waals surface area contributed by atoms with Crippen molar-refractivity contribution < 1.29 is 19.4 Å². The van der Waals surface area contributed by atoms with Gasteiger partial charge in [-0.15, -0.1) is 17.0 Å². The number of benzene rings is 2. The summed E-state index contributed by atoms with van der Waals surface area (Å²) in [7, 11) is 1.69. The molecule has 0 aromatic heterocycles. The molecule has 0 bridgehead atoms. The first-order valence-electron chi connectivity index (χ1n) is 12.8. The van der Waals surface area contributed by atoms with E-state index in [1.165, 1.54) is 0 Å². The normalized spacial score (nSPS) is 17.5. The van der Waals surface area contributed by atoms with E-state index in [1.807, 2.05) is 56.0 Å². The van der Waals surface area contributed by atoms with Crippen molar-refractivity contribution in [3.63, 3.8) is 0 Å². The van der Waals surface area contributed by atoms with E-state index < -0.39 is 0 Å². The molecule has 1 aliphatic rings. The van der Waals surface area contributed by atoms with Crippen molar-refractivity contribution in [1.29, 1.82) is 5.41 Å². The van der Waals surface area contributed by atoms with Gasteiger partial charge in [0.05, 0.1) is 13.2 Å². The Bertz CT molecular complexity index is 1040. The van der Waals surface area contributed by atoms with E-state index in [1.54, 1.807) is 19.2 Å². The van der Waals surface area contributed by atoms with Gasteiger partial charge in [0.25, 0.3) is 0 Å². The number of likely N-dealkylation sites (tertiary alicyclic amines) is 1. The average molecular weight is 577 g/mol. The number of hydrogen-bond donors (Lipinski definition) is 3. The number of methoxy groups -OCH3 is 1. The van der Waals surface area contributed by atoms with E-state index in [0.717, 1.165) is 24.8 Å². The maximum atomic E-state index is 13.5. The van der Waals surface area contributed by atoms with Crippen LogP contribution in [0.25, 0.3) is 0 Å². The Morgan fingerprint density at radius 1 is 1.16 bits per heavy atom. The Balaban J connectivity index is 0.00000481. The topological polar surface area (TPSA) is 109 Å². The van der Waals surface area contributed by atoms with Crippen LogP contribution in [0.15, 0.2) is 42.5 Å². The molecule has 0 saturated carbocycles. The van der Waals surface area contributed by atoms with Gasteiger partial charge in [-0.25, -0.2) is 0 Å². The molecule has 8 heteroatoms. The molecule has 204 valence electrons. The zero-order valence-electron chi connectivity index (χ0n) is 22.5. The number of nitrogens with one attached hydrogen (secondary N) is 1. The number of phenolic OH excluding ortho intramolecular Hbond substituents is 1. The maximum Gasteiger partial charge on any atom is 0.182 e. The Labute approximate surface area is 231 Å². The van der Waals surface area contributed by atoms with Gasteiger partial charge in [0.1, 0.15) is 5.84 Å². The number of carbonyl (C=O) groups is 1. The highest BCUT2D eigenvalue weighted by molar-refractivity contribution is 8.93. The maximum absolute atomic E-state index is 13.5. The summed E-state index contributed by atoms with van der Waals surface area (Å²) < 4.78 is 11.2. The molecule has 37 heavy (non-hydrogen) atoms. The summed E-state index contributed by atoms with van der Waals surface area (Å²) in [4.78, 5) is 15.4. The van der Waals surface area contributed by atoms with Gasteiger partial charge >= 0.3 is 0 Å². The lowest BCUT2D eigenvalue weighted by Gasteiger charge is -2.24. The SMILES string of the molecule is Br.COCCC1CN(CC(=O)c2cc(OCCCCN)c(O)c(C(C)(C)C)c2)C(=N)C1c1ccccc1. The van der Waals surface area contributed by atoms with Crippen LogP contribution in [0.4, 0.5) is 0 Å². The molecule has 1 fully saturated rings. The molecule has 7 nitrogen and oxygen atoms in total. The minimum absolute atomic E-state index is 0. The van der Waals surface area contributed by atoms with Crippen LogP contribution in [0.3, 0.4) is 0 Å². The fraction of sp³-hybridized carbons (Fsp3) is 0.517. The Morgan fingerprint density at radius 3 is 2.49 bits per heavy atom. The number of ether oxygens (including phenoxy) is 2. The first-order chi connectivity index (χ1) is 17.2. The number of phenols is 1. The molecule has 0 spiro atoms. The molecule has 3 rings (SSSR count). The second-order valence-electron chi connectivity index (χ2n) is 10.6. The zero-order chi connectivity index (χ0) is 26.3. The summed E-state index contributed by atoms with van der Waals surface area (Å²) in [6.45, 7) is 8.33. The number of amidine groups is 1. The van der Waals surface area contributed by atoms with Crippen molar-refractivity contribution in [3.8, 4) is 11.5 Å². The molecule has 0 radical (unpaired) electrons. The molecule has 2 aromatic rings. The van der Waals surface area contributed by atoms with Crippen LogP contribution in [0, 0.1) is 11.3 Å². The fourth-order valence-corrected chi connectivity index (χ4v) is 4.82. The van der Waals surface area contributed by atoms with E-state index in [0.29, 0.717) is 49.0 Å². The van der Waals surface area contributed by atoms with Crippen LogP contribution in [-0.4, -0.2) is 61.6 Å². The van der Waals surface area contributed by atoms with Crippen LogP contribution in [0.5, 0.6) is 11.5 Å². The predicted octanol–water partition coefficient (Wildman–Crippen LogP) is 5.30. The third-order valence-corrected chi connectivity index (χ3v) is 6.81. The lowest BCUT2D eigenvalue weighted by molar-refractivity contribution is 0.0961. The number of ketones is 1. The number of nitrogens with two attached hydrogens (primary N) is 1. The number of nitrogens with zero attached hydrogens (tertiary/aromatic N) is 1. The first-order valence-corrected chi connectivity index (χ1v) is 12.8. The van der Waals surface area contributed by atoms with Crippen LogP contribution in [0.1, 0.15) is 67.4 Å². The van der Waals surface area contributed by atoms with E-state index >= 15 is 0 Å². The summed E-state index contributed by atoms with van der Waals surface area (Å²) in [5.74, 6) is 0.878. The smallest absolute Gasteiger partial charge is 0.182 e. The van der Waals surface area contributed by atoms with Crippen molar-refractivity contribution in [2.24, 2.45) is 11.7 Å². The molecule has 2 unspecified atom stereocenters. The highest BCUT2D eigenvalue weighted by atomic mass is 79.9. The Morgan fingerprint density at radius 2 is 1.86 bits per heavy atom. The number of aromatic hydroxyl groups is 1. The van der Waals surface area contributed by atoms with Crippen LogP contribution < -0.4 is 10.5 Å². The predicted molar refractivity (Wildman–Crippen MR) is 154 cm³/mol. The monoisotopic (exact) mass is 575 g/mol. The van der Waals surface area contributed by atoms with E-state index in [4.69, 9.17) is 20.6 Å². The number of hydrogen-bond acceptors (Lipinski definition) is 6. The molecule has 1 heterocycles. The van der Waals surface area contributed by atoms with Gasteiger partial charge in [-0.05, 0) is 54.8 Å². The quantitative estimate of drug-likeness (QED) is 0.234. The minimum Gasteiger partial charge on any atom is -0.504 e. The Hall–Kier alpha value is -2.42. The van der Waals surface area contributed by atoms with Gasteiger partial charge in [0, 0.05) is 37.3 Å². The largest absolute Gasteiger partial charge is 0.504 e. The van der Waals surface area contributed by atoms with Crippen molar-refractivity contribution >= 4 is 28.6 Å². The first kappa shape index (κ1) is 30.8. The van der Waals surface area contributed by atoms with E-state index in [2.05, 4.69) is 0 Å². The molecular weight excluding hydrogens is 534 g/mol. The summed E-state index contributed by atoms with van der Waals surface area (Å²) in [5, 5.41) is 19.8. The molecule has 2 atom stereocenters. The van der Waals surface area contributed by atoms with Crippen LogP contribution in [0.2, 0.25) is 0 Å². The average Bonchev–Trinajstić information content (AvgIpc) is 3.15. The molecule has 0 aliphatic carbocycles. The van der Waals surface area contributed by atoms with Crippen LogP contribution in [-0.2, 0) is 10.2 Å². The second kappa shape index (κ2) is 13.9. The molecule has 1 saturated heterocycles. The molecule has 1 aliphatic heterocycles. The second-order valence-corrected chi connectivity index (χ2v) is 10.6. The number of unbranched alkanes of at least 4 members (excludes halogenated alkanes) is 1. The van der Waals surface area contributed by atoms with E-state index in [9.17, 15) is 9.90 Å². The third-order valence-electron chi connectivity index (χ3n) is 6.81. The number of rotatable bonds is 12. The van der Waals surface area contributed by atoms with Gasteiger partial charge in [-0.1, -0.05) is 51.1 Å². The standard InChI is InChI=1S/C29H41N3O4.BrH/c1-29(2,3)23-16-22(17-25(27(23)34)36-14-9-8-13-30)24(33)19-32-18-21(12-15-35-4)26(28(32)31)20-10-6-5-7-11-20;/h5-7,10-11,16-17,21,26,31,34H,8-9,12-15,18-19,30H2,1-4H3;1H. The summed E-state index contributed by atoms with van der Waals surface area (Å²) in [6, 6.07) is 13.4. The third kappa shape index (κ3) is 7.79. The molecular formula is C29H42BrN3O4. The molecule has 4 N–H and O–H groups in total. The van der Waals surface area contributed by atoms with Gasteiger partial charge in [0.15, 0.2) is 17.3 Å². The van der Waals surface area contributed by atoms with Crippen LogP contribution >= 0.6 is 17.0 Å². The molecule has 2 aromatic carbocycles. The highest BCUT2D eigenvalue weighted by Gasteiger charge is 2.39. The zero-order valence-corrected chi connectivity index (χ0v) is 24.2. The van der Waals surface area contributed by atoms with Crippen molar-refractivity contribution in [2.75, 3.05) is 40.0 Å². The summed E-state index contributed by atoms with van der Waals surface area (Å²) in [6.07, 6.45) is 2.42.